The minimum atomic E-state index is -0.335. The van der Waals surface area contributed by atoms with Gasteiger partial charge in [0.2, 0.25) is 0 Å². The fourth-order valence-corrected chi connectivity index (χ4v) is 4.29. The molecule has 30 heavy (non-hydrogen) atoms. The molecule has 5 rings (SSSR count). The van der Waals surface area contributed by atoms with Crippen LogP contribution in [-0.4, -0.2) is 54.2 Å². The van der Waals surface area contributed by atoms with Gasteiger partial charge in [-0.3, -0.25) is 4.79 Å². The summed E-state index contributed by atoms with van der Waals surface area (Å²) in [5.74, 6) is 0. The van der Waals surface area contributed by atoms with Crippen LogP contribution in [0.15, 0.2) is 59.4 Å². The minimum absolute atomic E-state index is 0.127. The minimum Gasteiger partial charge on any atom is -0.453 e. The van der Waals surface area contributed by atoms with Crippen molar-refractivity contribution in [2.24, 2.45) is 0 Å². The van der Waals surface area contributed by atoms with Gasteiger partial charge in [-0.05, 0) is 11.6 Å². The van der Waals surface area contributed by atoms with Crippen molar-refractivity contribution in [3.63, 3.8) is 0 Å². The summed E-state index contributed by atoms with van der Waals surface area (Å²) in [5.41, 5.74) is 5.07. The number of nitrogens with zero attached hydrogens (tertiary/aromatic N) is 2. The molecular formula is C23H22N4O3. The van der Waals surface area contributed by atoms with Gasteiger partial charge in [-0.2, -0.15) is 0 Å². The van der Waals surface area contributed by atoms with Crippen molar-refractivity contribution in [3.05, 3.63) is 65.0 Å². The van der Waals surface area contributed by atoms with Crippen molar-refractivity contribution < 1.29 is 9.53 Å². The molecule has 2 N–H and O–H groups in total. The number of fused-ring (bicyclic) bond motifs is 3. The lowest BCUT2D eigenvalue weighted by molar-refractivity contribution is 0.121. The molecule has 0 aliphatic carbocycles. The Balaban J connectivity index is 1.70. The second-order valence-electron chi connectivity index (χ2n) is 7.41. The molecule has 7 heteroatoms. The highest BCUT2D eigenvalue weighted by Crippen LogP contribution is 2.36. The number of hydrogen-bond acceptors (Lipinski definition) is 4. The fraction of sp³-hybridized carbons (Fsp3) is 0.217. The molecular weight excluding hydrogens is 380 g/mol. The summed E-state index contributed by atoms with van der Waals surface area (Å²) < 4.78 is 4.83. The third kappa shape index (κ3) is 2.90. The van der Waals surface area contributed by atoms with Crippen LogP contribution in [0.4, 0.5) is 10.5 Å². The molecule has 4 aromatic rings. The van der Waals surface area contributed by atoms with Crippen LogP contribution in [-0.2, 0) is 4.74 Å². The van der Waals surface area contributed by atoms with Crippen LogP contribution in [0.25, 0.3) is 33.1 Å². The van der Waals surface area contributed by atoms with E-state index in [-0.39, 0.29) is 11.7 Å². The lowest BCUT2D eigenvalue weighted by Gasteiger charge is -2.35. The lowest BCUT2D eigenvalue weighted by Crippen LogP contribution is -2.50. The molecule has 0 spiro atoms. The summed E-state index contributed by atoms with van der Waals surface area (Å²) >= 11 is 0. The van der Waals surface area contributed by atoms with Gasteiger partial charge in [-0.1, -0.05) is 48.5 Å². The van der Waals surface area contributed by atoms with E-state index in [0.717, 1.165) is 33.1 Å². The van der Waals surface area contributed by atoms with Gasteiger partial charge in [-0.25, -0.2) is 4.79 Å². The van der Waals surface area contributed by atoms with Crippen LogP contribution < -0.4 is 10.5 Å². The van der Waals surface area contributed by atoms with Gasteiger partial charge >= 0.3 is 6.09 Å². The number of methoxy groups -OCH3 is 1. The van der Waals surface area contributed by atoms with Crippen LogP contribution >= 0.6 is 0 Å². The number of rotatable bonds is 2. The Morgan fingerprint density at radius 3 is 2.33 bits per heavy atom. The normalized spacial score (nSPS) is 14.4. The van der Waals surface area contributed by atoms with Crippen molar-refractivity contribution in [2.45, 2.75) is 0 Å². The van der Waals surface area contributed by atoms with Gasteiger partial charge in [0.25, 0.3) is 5.56 Å². The number of hydrogen-bond donors (Lipinski definition) is 2. The molecule has 152 valence electrons. The molecule has 1 fully saturated rings. The Bertz CT molecular complexity index is 1280. The molecule has 0 bridgehead atoms. The number of nitrogens with one attached hydrogen (secondary N) is 2. The van der Waals surface area contributed by atoms with E-state index in [1.807, 2.05) is 54.6 Å². The number of pyridine rings is 1. The number of amides is 1. The number of piperazine rings is 1. The first-order chi connectivity index (χ1) is 14.7. The van der Waals surface area contributed by atoms with Crippen molar-refractivity contribution in [1.29, 1.82) is 0 Å². The van der Waals surface area contributed by atoms with Crippen LogP contribution in [0.3, 0.4) is 0 Å². The van der Waals surface area contributed by atoms with Crippen molar-refractivity contribution in [1.82, 2.24) is 14.9 Å². The summed E-state index contributed by atoms with van der Waals surface area (Å²) in [4.78, 5) is 35.5. The average molecular weight is 402 g/mol. The maximum atomic E-state index is 13.3. The Labute approximate surface area is 172 Å². The first kappa shape index (κ1) is 18.3. The fourth-order valence-electron chi connectivity index (χ4n) is 4.29. The molecule has 7 nitrogen and oxygen atoms in total. The van der Waals surface area contributed by atoms with Gasteiger partial charge in [0.1, 0.15) is 5.69 Å². The summed E-state index contributed by atoms with van der Waals surface area (Å²) in [5, 5.41) is 0.990. The quantitative estimate of drug-likeness (QED) is 0.537. The summed E-state index contributed by atoms with van der Waals surface area (Å²) in [6, 6.07) is 17.9. The van der Waals surface area contributed by atoms with Gasteiger partial charge in [-0.15, -0.1) is 0 Å². The Hall–Kier alpha value is -3.74. The van der Waals surface area contributed by atoms with E-state index < -0.39 is 0 Å². The molecule has 1 aliphatic heterocycles. The number of benzene rings is 2. The van der Waals surface area contributed by atoms with Crippen molar-refractivity contribution in [3.8, 4) is 11.1 Å². The van der Waals surface area contributed by atoms with Crippen LogP contribution in [0.5, 0.6) is 0 Å². The molecule has 1 amide bonds. The van der Waals surface area contributed by atoms with Crippen LogP contribution in [0.1, 0.15) is 0 Å². The number of aromatic amines is 2. The molecule has 2 aromatic heterocycles. The van der Waals surface area contributed by atoms with E-state index in [9.17, 15) is 9.59 Å². The highest BCUT2D eigenvalue weighted by Gasteiger charge is 2.27. The molecule has 2 aromatic carbocycles. The lowest BCUT2D eigenvalue weighted by atomic mass is 10.0. The van der Waals surface area contributed by atoms with Crippen LogP contribution in [0, 0.1) is 0 Å². The summed E-state index contributed by atoms with van der Waals surface area (Å²) in [6.45, 7) is 2.13. The zero-order valence-electron chi connectivity index (χ0n) is 16.6. The second-order valence-corrected chi connectivity index (χ2v) is 7.41. The predicted octanol–water partition coefficient (Wildman–Crippen LogP) is 3.56. The molecule has 1 aliphatic rings. The molecule has 3 heterocycles. The molecule has 0 unspecified atom stereocenters. The maximum absolute atomic E-state index is 13.3. The van der Waals surface area contributed by atoms with Gasteiger partial charge < -0.3 is 24.5 Å². The number of para-hydroxylation sites is 1. The van der Waals surface area contributed by atoms with Gasteiger partial charge in [0, 0.05) is 42.6 Å². The molecule has 0 atom stereocenters. The Kier molecular flexibility index (Phi) is 4.43. The maximum Gasteiger partial charge on any atom is 0.409 e. The monoisotopic (exact) mass is 402 g/mol. The molecule has 1 saturated heterocycles. The molecule has 0 radical (unpaired) electrons. The summed E-state index contributed by atoms with van der Waals surface area (Å²) in [7, 11) is 1.39. The smallest absolute Gasteiger partial charge is 0.409 e. The largest absolute Gasteiger partial charge is 0.453 e. The Morgan fingerprint density at radius 2 is 1.60 bits per heavy atom. The van der Waals surface area contributed by atoms with Gasteiger partial charge in [0.15, 0.2) is 0 Å². The number of anilines is 1. The van der Waals surface area contributed by atoms with Gasteiger partial charge in [0.05, 0.1) is 18.1 Å². The van der Waals surface area contributed by atoms with E-state index in [4.69, 9.17) is 4.74 Å². The number of ether oxygens (including phenoxy) is 1. The first-order valence-corrected chi connectivity index (χ1v) is 9.97. The number of aromatic nitrogens is 2. The average Bonchev–Trinajstić information content (AvgIpc) is 3.16. The second kappa shape index (κ2) is 7.26. The molecule has 0 saturated carbocycles. The number of carbonyl (C=O) groups is 1. The topological polar surface area (TPSA) is 81.4 Å². The number of H-pyrrole nitrogens is 2. The van der Waals surface area contributed by atoms with E-state index >= 15 is 0 Å². The van der Waals surface area contributed by atoms with E-state index in [0.29, 0.717) is 31.9 Å². The number of carbonyl (C=O) groups excluding carboxylic acids is 1. The van der Waals surface area contributed by atoms with Crippen molar-refractivity contribution >= 4 is 33.7 Å². The standard InChI is InChI=1S/C23H22N4O3/c1-30-23(29)27-13-11-26(12-14-27)21-18(15-7-3-2-4-8-15)20-19(25-22(21)28)16-9-5-6-10-17(16)24-20/h2-10,24H,11-14H2,1H3,(H,25,28). The Morgan fingerprint density at radius 1 is 0.900 bits per heavy atom. The zero-order chi connectivity index (χ0) is 20.7. The highest BCUT2D eigenvalue weighted by atomic mass is 16.5. The van der Waals surface area contributed by atoms with E-state index in [2.05, 4.69) is 14.9 Å². The van der Waals surface area contributed by atoms with Crippen molar-refractivity contribution in [2.75, 3.05) is 38.2 Å². The third-order valence-electron chi connectivity index (χ3n) is 5.74. The first-order valence-electron chi connectivity index (χ1n) is 9.97. The van der Waals surface area contributed by atoms with E-state index in [1.54, 1.807) is 4.90 Å². The zero-order valence-corrected chi connectivity index (χ0v) is 16.6. The summed E-state index contributed by atoms with van der Waals surface area (Å²) in [6.07, 6.45) is -0.335. The SMILES string of the molecule is COC(=O)N1CCN(c2c(-c3ccccc3)c3[nH]c4ccccc4c3[nH]c2=O)CC1. The third-order valence-corrected chi connectivity index (χ3v) is 5.74. The van der Waals surface area contributed by atoms with E-state index in [1.165, 1.54) is 7.11 Å². The highest BCUT2D eigenvalue weighted by molar-refractivity contribution is 6.12. The predicted molar refractivity (Wildman–Crippen MR) is 118 cm³/mol. The van der Waals surface area contributed by atoms with Crippen LogP contribution in [0.2, 0.25) is 0 Å².